The zero-order chi connectivity index (χ0) is 31.9. The number of nitro groups is 1. The number of hydrogen-bond donors (Lipinski definition) is 1. The van der Waals surface area contributed by atoms with E-state index in [1.165, 1.54) is 12.1 Å². The molecule has 1 aliphatic carbocycles. The Kier molecular flexibility index (Phi) is 6.00. The predicted octanol–water partition coefficient (Wildman–Crippen LogP) is 6.62. The fraction of sp³-hybridized carbons (Fsp3) is 0.0857. The van der Waals surface area contributed by atoms with Gasteiger partial charge in [0.2, 0.25) is 11.7 Å². The van der Waals surface area contributed by atoms with Crippen molar-refractivity contribution in [2.45, 2.75) is 12.3 Å². The molecule has 0 saturated carbocycles. The topological polar surface area (TPSA) is 127 Å². The maximum atomic E-state index is 15.2. The summed E-state index contributed by atoms with van der Waals surface area (Å²) in [4.78, 5) is 56.8. The maximum Gasteiger partial charge on any atom is 0.269 e. The lowest BCUT2D eigenvalue weighted by Gasteiger charge is -2.39. The van der Waals surface area contributed by atoms with E-state index in [1.54, 1.807) is 46.0 Å². The lowest BCUT2D eigenvalue weighted by Crippen LogP contribution is -2.50. The molecule has 5 aromatic rings. The van der Waals surface area contributed by atoms with Crippen LogP contribution in [0.25, 0.3) is 16.9 Å². The number of ketones is 2. The van der Waals surface area contributed by atoms with Gasteiger partial charge < -0.3 is 10.2 Å². The highest BCUT2D eigenvalue weighted by molar-refractivity contribution is 9.10. The molecule has 1 amide bonds. The van der Waals surface area contributed by atoms with Crippen LogP contribution in [0.1, 0.15) is 38.8 Å². The third-order valence-electron chi connectivity index (χ3n) is 8.89. The van der Waals surface area contributed by atoms with E-state index in [1.807, 2.05) is 55.5 Å². The van der Waals surface area contributed by atoms with Crippen LogP contribution in [0.4, 0.5) is 17.2 Å². The summed E-state index contributed by atoms with van der Waals surface area (Å²) in [5.41, 5.74) is 1.78. The number of anilines is 2. The lowest BCUT2D eigenvalue weighted by molar-refractivity contribution is -0.384. The summed E-state index contributed by atoms with van der Waals surface area (Å²) in [5, 5.41) is 19.7. The molecule has 46 heavy (non-hydrogen) atoms. The molecule has 1 atom stereocenters. The number of likely N-dealkylation sites (N-methyl/N-ethyl adjacent to an activating group) is 1. The number of fused-ring (bicyclic) bond motifs is 6. The van der Waals surface area contributed by atoms with Crippen molar-refractivity contribution in [3.05, 3.63) is 145 Å². The summed E-state index contributed by atoms with van der Waals surface area (Å²) in [5.74, 6) is -0.918. The largest absolute Gasteiger partial charge is 0.336 e. The Labute approximate surface area is 270 Å². The van der Waals surface area contributed by atoms with Crippen LogP contribution in [0.3, 0.4) is 0 Å². The van der Waals surface area contributed by atoms with E-state index in [0.717, 1.165) is 0 Å². The van der Waals surface area contributed by atoms with E-state index < -0.39 is 21.9 Å². The summed E-state index contributed by atoms with van der Waals surface area (Å²) in [6, 6.07) is 27.3. The lowest BCUT2D eigenvalue weighted by atomic mass is 9.63. The number of aromatic nitrogens is 2. The van der Waals surface area contributed by atoms with E-state index in [-0.39, 0.29) is 34.0 Å². The number of rotatable bonds is 4. The number of non-ortho nitro benzene ring substituents is 1. The summed E-state index contributed by atoms with van der Waals surface area (Å²) in [6.07, 6.45) is 0. The maximum absolute atomic E-state index is 15.2. The molecule has 3 aliphatic rings. The number of benzene rings is 4. The molecule has 11 heteroatoms. The first-order chi connectivity index (χ1) is 22.3. The van der Waals surface area contributed by atoms with Crippen molar-refractivity contribution in [3.63, 3.8) is 0 Å². The highest BCUT2D eigenvalue weighted by Gasteiger charge is 2.63. The van der Waals surface area contributed by atoms with Crippen LogP contribution in [0, 0.1) is 10.1 Å². The van der Waals surface area contributed by atoms with Crippen molar-refractivity contribution in [1.29, 1.82) is 0 Å². The second-order valence-corrected chi connectivity index (χ2v) is 12.1. The molecule has 1 aromatic heterocycles. The molecular weight excluding hydrogens is 650 g/mol. The van der Waals surface area contributed by atoms with Crippen molar-refractivity contribution in [2.24, 2.45) is 0 Å². The average Bonchev–Trinajstić information content (AvgIpc) is 3.57. The highest BCUT2D eigenvalue weighted by atomic mass is 79.9. The number of nitro benzene ring substituents is 1. The summed E-state index contributed by atoms with van der Waals surface area (Å²) < 4.78 is 2.24. The molecule has 1 unspecified atom stereocenters. The zero-order valence-electron chi connectivity index (χ0n) is 24.2. The number of nitrogens with zero attached hydrogens (tertiary/aromatic N) is 4. The minimum Gasteiger partial charge on any atom is -0.336 e. The fourth-order valence-electron chi connectivity index (χ4n) is 6.95. The quantitative estimate of drug-likeness (QED) is 0.168. The van der Waals surface area contributed by atoms with Crippen molar-refractivity contribution >= 4 is 50.6 Å². The summed E-state index contributed by atoms with van der Waals surface area (Å²) in [6.45, 7) is 2.18. The molecule has 0 radical (unpaired) electrons. The van der Waals surface area contributed by atoms with Gasteiger partial charge >= 0.3 is 0 Å². The Bertz CT molecular complexity index is 2220. The van der Waals surface area contributed by atoms with Crippen LogP contribution < -0.4 is 10.2 Å². The first kappa shape index (κ1) is 27.8. The number of halogens is 1. The van der Waals surface area contributed by atoms with Gasteiger partial charge in [-0.2, -0.15) is 5.10 Å². The van der Waals surface area contributed by atoms with Crippen LogP contribution in [-0.4, -0.2) is 38.7 Å². The Morgan fingerprint density at radius 1 is 0.891 bits per heavy atom. The van der Waals surface area contributed by atoms with Crippen LogP contribution in [0.5, 0.6) is 0 Å². The van der Waals surface area contributed by atoms with Crippen LogP contribution >= 0.6 is 15.9 Å². The van der Waals surface area contributed by atoms with Gasteiger partial charge in [0.25, 0.3) is 5.69 Å². The van der Waals surface area contributed by atoms with Gasteiger partial charge in [-0.25, -0.2) is 4.68 Å². The van der Waals surface area contributed by atoms with Crippen molar-refractivity contribution in [3.8, 4) is 16.9 Å². The van der Waals surface area contributed by atoms with Gasteiger partial charge in [0, 0.05) is 56.7 Å². The number of hydrogen-bond acceptors (Lipinski definition) is 7. The predicted molar refractivity (Wildman–Crippen MR) is 174 cm³/mol. The molecule has 10 nitrogen and oxygen atoms in total. The molecule has 1 N–H and O–H groups in total. The molecule has 1 spiro atoms. The first-order valence-corrected chi connectivity index (χ1v) is 15.3. The third-order valence-corrected chi connectivity index (χ3v) is 9.38. The number of amides is 1. The number of carbonyl (C=O) groups is 3. The van der Waals surface area contributed by atoms with Gasteiger partial charge in [-0.05, 0) is 37.3 Å². The Balaban J connectivity index is 1.54. The van der Waals surface area contributed by atoms with Gasteiger partial charge in [0.05, 0.1) is 27.6 Å². The van der Waals surface area contributed by atoms with Gasteiger partial charge in [0.15, 0.2) is 5.78 Å². The Morgan fingerprint density at radius 2 is 1.57 bits per heavy atom. The number of allylic oxidation sites excluding steroid dienone is 1. The van der Waals surface area contributed by atoms with E-state index >= 15 is 4.79 Å². The van der Waals surface area contributed by atoms with Gasteiger partial charge in [-0.3, -0.25) is 24.5 Å². The zero-order valence-corrected chi connectivity index (χ0v) is 25.7. The second kappa shape index (κ2) is 9.91. The standard InChI is InChI=1S/C35H22BrN5O5/c1-2-39-26-17-12-20(36)18-25(26)35(34(39)44)27-30(32(43)24-11-7-6-10-23(24)31(27)42)37-33-28(35)29(19-8-4-3-5-9-19)38-40(33)21-13-15-22(16-14-21)41(45)46/h3-18,37H,2H2,1H3. The van der Waals surface area contributed by atoms with E-state index in [9.17, 15) is 19.7 Å². The van der Waals surface area contributed by atoms with E-state index in [4.69, 9.17) is 5.10 Å². The van der Waals surface area contributed by atoms with Gasteiger partial charge in [-0.1, -0.05) is 70.5 Å². The second-order valence-electron chi connectivity index (χ2n) is 11.2. The number of Topliss-reactive ketones (excluding diaryl/α,β-unsaturated/α-hetero) is 2. The number of nitrogens with one attached hydrogen (secondary N) is 1. The SMILES string of the molecule is CCN1C(=O)C2(C3=C(Nc4c2c(-c2ccccc2)nn4-c2ccc([N+](=O)[O-])cc2)C(=O)c2ccccc2C3=O)c2cc(Br)ccc21. The molecule has 224 valence electrons. The molecule has 4 aromatic carbocycles. The first-order valence-electron chi connectivity index (χ1n) is 14.5. The van der Waals surface area contributed by atoms with Crippen molar-refractivity contribution in [1.82, 2.24) is 9.78 Å². The molecule has 8 rings (SSSR count). The highest BCUT2D eigenvalue weighted by Crippen LogP contribution is 2.59. The van der Waals surface area contributed by atoms with Gasteiger partial charge in [-0.15, -0.1) is 0 Å². The monoisotopic (exact) mass is 671 g/mol. The minimum atomic E-state index is -1.75. The van der Waals surface area contributed by atoms with Crippen LogP contribution in [0.2, 0.25) is 0 Å². The molecule has 0 bridgehead atoms. The summed E-state index contributed by atoms with van der Waals surface area (Å²) in [7, 11) is 0. The van der Waals surface area contributed by atoms with Crippen LogP contribution in [0.15, 0.2) is 113 Å². The molecule has 2 aliphatic heterocycles. The van der Waals surface area contributed by atoms with E-state index in [2.05, 4.69) is 21.2 Å². The fourth-order valence-corrected chi connectivity index (χ4v) is 7.31. The molecule has 0 saturated heterocycles. The van der Waals surface area contributed by atoms with Gasteiger partial charge in [0.1, 0.15) is 11.2 Å². The Morgan fingerprint density at radius 3 is 2.24 bits per heavy atom. The summed E-state index contributed by atoms with van der Waals surface area (Å²) >= 11 is 3.59. The molecule has 0 fully saturated rings. The number of carbonyl (C=O) groups excluding carboxylic acids is 3. The normalized spacial score (nSPS) is 17.9. The van der Waals surface area contributed by atoms with Crippen molar-refractivity contribution in [2.75, 3.05) is 16.8 Å². The minimum absolute atomic E-state index is 0.00361. The van der Waals surface area contributed by atoms with Crippen molar-refractivity contribution < 1.29 is 19.3 Å². The van der Waals surface area contributed by atoms with E-state index in [0.29, 0.717) is 50.6 Å². The smallest absolute Gasteiger partial charge is 0.269 e. The third kappa shape index (κ3) is 3.57. The Hall–Kier alpha value is -5.68. The average molecular weight is 672 g/mol. The molecular formula is C35H22BrN5O5. The van der Waals surface area contributed by atoms with Crippen LogP contribution in [-0.2, 0) is 10.2 Å². The molecule has 3 heterocycles.